The molecule has 0 fully saturated rings. The zero-order valence-corrected chi connectivity index (χ0v) is 14.5. The fourth-order valence-electron chi connectivity index (χ4n) is 3.30. The third-order valence-electron chi connectivity index (χ3n) is 4.33. The number of carbonyl (C=O) groups is 1. The fourth-order valence-corrected chi connectivity index (χ4v) is 4.43. The van der Waals surface area contributed by atoms with Gasteiger partial charge in [-0.25, -0.2) is 0 Å². The summed E-state index contributed by atoms with van der Waals surface area (Å²) in [6.07, 6.45) is 0. The van der Waals surface area contributed by atoms with E-state index in [1.165, 1.54) is 10.1 Å². The van der Waals surface area contributed by atoms with Crippen LogP contribution in [0.3, 0.4) is 0 Å². The van der Waals surface area contributed by atoms with Crippen LogP contribution >= 0.6 is 22.9 Å². The molecule has 24 heavy (non-hydrogen) atoms. The van der Waals surface area contributed by atoms with Crippen molar-refractivity contribution in [3.63, 3.8) is 0 Å². The average Bonchev–Trinajstić information content (AvgIpc) is 3.07. The van der Waals surface area contributed by atoms with E-state index in [2.05, 4.69) is 17.5 Å². The topological polar surface area (TPSA) is 42.2 Å². The van der Waals surface area contributed by atoms with Crippen molar-refractivity contribution in [3.8, 4) is 11.1 Å². The number of carboxylic acid groups (broad SMARTS) is 1. The van der Waals surface area contributed by atoms with Crippen molar-refractivity contribution in [3.05, 3.63) is 58.6 Å². The van der Waals surface area contributed by atoms with Gasteiger partial charge >= 0.3 is 5.97 Å². The highest BCUT2D eigenvalue weighted by molar-refractivity contribution is 7.17. The monoisotopic (exact) mass is 355 g/mol. The van der Waals surface area contributed by atoms with Crippen LogP contribution < -0.4 is 0 Å². The lowest BCUT2D eigenvalue weighted by molar-refractivity contribution is -0.137. The summed E-state index contributed by atoms with van der Waals surface area (Å²) in [6.45, 7) is 1.91. The zero-order valence-electron chi connectivity index (χ0n) is 12.9. The molecule has 1 N–H and O–H groups in total. The Balaban J connectivity index is 2.09. The summed E-state index contributed by atoms with van der Waals surface area (Å²) < 4.78 is 3.06. The number of thiophene rings is 1. The van der Waals surface area contributed by atoms with Crippen LogP contribution in [0.2, 0.25) is 5.02 Å². The summed E-state index contributed by atoms with van der Waals surface area (Å²) in [5.41, 5.74) is 4.03. The van der Waals surface area contributed by atoms with E-state index in [0.29, 0.717) is 5.02 Å². The number of fused-ring (bicyclic) bond motifs is 2. The number of halogens is 1. The fraction of sp³-hybridized carbons (Fsp3) is 0.105. The summed E-state index contributed by atoms with van der Waals surface area (Å²) in [5.74, 6) is -0.855. The molecule has 0 spiro atoms. The number of aliphatic carboxylic acids is 1. The van der Waals surface area contributed by atoms with Crippen molar-refractivity contribution in [2.45, 2.75) is 13.5 Å². The average molecular weight is 356 g/mol. The van der Waals surface area contributed by atoms with Gasteiger partial charge in [0.2, 0.25) is 0 Å². The second-order valence-electron chi connectivity index (χ2n) is 5.75. The van der Waals surface area contributed by atoms with Crippen LogP contribution in [0.5, 0.6) is 0 Å². The predicted octanol–water partition coefficient (Wildman–Crippen LogP) is 5.57. The van der Waals surface area contributed by atoms with E-state index in [1.807, 2.05) is 35.8 Å². The Morgan fingerprint density at radius 2 is 2.00 bits per heavy atom. The number of benzene rings is 2. The first-order chi connectivity index (χ1) is 11.6. The third kappa shape index (κ3) is 2.30. The van der Waals surface area contributed by atoms with Gasteiger partial charge in [-0.05, 0) is 36.6 Å². The largest absolute Gasteiger partial charge is 0.480 e. The second-order valence-corrected chi connectivity index (χ2v) is 7.09. The molecule has 0 aliphatic carbocycles. The van der Waals surface area contributed by atoms with Crippen molar-refractivity contribution in [2.75, 3.05) is 0 Å². The Morgan fingerprint density at radius 3 is 2.79 bits per heavy atom. The molecule has 0 bridgehead atoms. The molecule has 0 radical (unpaired) electrons. The summed E-state index contributed by atoms with van der Waals surface area (Å²) in [7, 11) is 0. The van der Waals surface area contributed by atoms with Crippen molar-refractivity contribution in [1.82, 2.24) is 4.57 Å². The maximum Gasteiger partial charge on any atom is 0.323 e. The number of carboxylic acids is 1. The van der Waals surface area contributed by atoms with Gasteiger partial charge in [-0.2, -0.15) is 0 Å². The van der Waals surface area contributed by atoms with E-state index in [0.717, 1.165) is 27.7 Å². The minimum atomic E-state index is -0.855. The van der Waals surface area contributed by atoms with Crippen molar-refractivity contribution in [2.24, 2.45) is 0 Å². The van der Waals surface area contributed by atoms with Gasteiger partial charge in [0.1, 0.15) is 6.54 Å². The van der Waals surface area contributed by atoms with Gasteiger partial charge in [-0.1, -0.05) is 29.8 Å². The highest BCUT2D eigenvalue weighted by Crippen LogP contribution is 2.41. The van der Waals surface area contributed by atoms with Gasteiger partial charge in [0.05, 0.1) is 0 Å². The van der Waals surface area contributed by atoms with Gasteiger partial charge < -0.3 is 9.67 Å². The lowest BCUT2D eigenvalue weighted by Crippen LogP contribution is -2.09. The minimum Gasteiger partial charge on any atom is -0.480 e. The van der Waals surface area contributed by atoms with Gasteiger partial charge in [0.25, 0.3) is 0 Å². The summed E-state index contributed by atoms with van der Waals surface area (Å²) in [6, 6.07) is 13.9. The van der Waals surface area contributed by atoms with Gasteiger partial charge in [-0.3, -0.25) is 4.79 Å². The standard InChI is InChI=1S/C19H14ClNO2S/c1-11-19(15-10-24-17-5-3-2-4-13(15)17)14-8-12(20)6-7-16(14)21(11)9-18(22)23/h2-8,10H,9H2,1H3,(H,22,23). The molecule has 2 aromatic heterocycles. The zero-order chi connectivity index (χ0) is 16.8. The molecule has 0 aliphatic rings. The number of rotatable bonds is 3. The molecule has 0 unspecified atom stereocenters. The molecular formula is C19H14ClNO2S. The highest BCUT2D eigenvalue weighted by Gasteiger charge is 2.19. The summed E-state index contributed by atoms with van der Waals surface area (Å²) in [5, 5.41) is 14.2. The van der Waals surface area contributed by atoms with E-state index < -0.39 is 5.97 Å². The molecular weight excluding hydrogens is 342 g/mol. The first-order valence-electron chi connectivity index (χ1n) is 7.53. The van der Waals surface area contributed by atoms with Crippen LogP contribution in [-0.2, 0) is 11.3 Å². The molecule has 0 saturated carbocycles. The van der Waals surface area contributed by atoms with Crippen LogP contribution in [0.15, 0.2) is 47.8 Å². The van der Waals surface area contributed by atoms with Crippen LogP contribution in [0, 0.1) is 6.92 Å². The lowest BCUT2D eigenvalue weighted by Gasteiger charge is -2.05. The lowest BCUT2D eigenvalue weighted by atomic mass is 10.0. The van der Waals surface area contributed by atoms with Crippen molar-refractivity contribution < 1.29 is 9.90 Å². The Bertz CT molecular complexity index is 1090. The van der Waals surface area contributed by atoms with Crippen LogP contribution in [0.4, 0.5) is 0 Å². The summed E-state index contributed by atoms with van der Waals surface area (Å²) in [4.78, 5) is 11.3. The van der Waals surface area contributed by atoms with E-state index in [1.54, 1.807) is 17.4 Å². The quantitative estimate of drug-likeness (QED) is 0.522. The molecule has 0 saturated heterocycles. The first kappa shape index (κ1) is 15.2. The third-order valence-corrected chi connectivity index (χ3v) is 5.53. The Morgan fingerprint density at radius 1 is 1.21 bits per heavy atom. The SMILES string of the molecule is Cc1c(-c2csc3ccccc23)c2cc(Cl)ccc2n1CC(=O)O. The molecule has 5 heteroatoms. The maximum atomic E-state index is 11.3. The number of aromatic nitrogens is 1. The molecule has 0 amide bonds. The van der Waals surface area contributed by atoms with E-state index in [9.17, 15) is 9.90 Å². The normalized spacial score (nSPS) is 11.4. The first-order valence-corrected chi connectivity index (χ1v) is 8.79. The van der Waals surface area contributed by atoms with Crippen molar-refractivity contribution in [1.29, 1.82) is 0 Å². The molecule has 4 rings (SSSR count). The highest BCUT2D eigenvalue weighted by atomic mass is 35.5. The number of hydrogen-bond donors (Lipinski definition) is 1. The van der Waals surface area contributed by atoms with Gasteiger partial charge in [0, 0.05) is 42.8 Å². The van der Waals surface area contributed by atoms with E-state index in [-0.39, 0.29) is 6.54 Å². The molecule has 120 valence electrons. The van der Waals surface area contributed by atoms with Crippen LogP contribution in [0.1, 0.15) is 5.69 Å². The predicted molar refractivity (Wildman–Crippen MR) is 100 cm³/mol. The molecule has 3 nitrogen and oxygen atoms in total. The second kappa shape index (κ2) is 5.65. The molecule has 4 aromatic rings. The Kier molecular flexibility index (Phi) is 3.59. The Labute approximate surface area is 147 Å². The maximum absolute atomic E-state index is 11.3. The van der Waals surface area contributed by atoms with E-state index in [4.69, 9.17) is 11.6 Å². The number of hydrogen-bond acceptors (Lipinski definition) is 2. The van der Waals surface area contributed by atoms with Gasteiger partial charge in [-0.15, -0.1) is 11.3 Å². The molecule has 2 heterocycles. The summed E-state index contributed by atoms with van der Waals surface area (Å²) >= 11 is 7.91. The van der Waals surface area contributed by atoms with Crippen LogP contribution in [-0.4, -0.2) is 15.6 Å². The minimum absolute atomic E-state index is 0.0635. The van der Waals surface area contributed by atoms with Crippen LogP contribution in [0.25, 0.3) is 32.1 Å². The molecule has 2 aromatic carbocycles. The Hall–Kier alpha value is -2.30. The number of nitrogens with zero attached hydrogens (tertiary/aromatic N) is 1. The van der Waals surface area contributed by atoms with E-state index >= 15 is 0 Å². The van der Waals surface area contributed by atoms with Gasteiger partial charge in [0.15, 0.2) is 0 Å². The molecule has 0 atom stereocenters. The smallest absolute Gasteiger partial charge is 0.323 e. The molecule has 0 aliphatic heterocycles. The van der Waals surface area contributed by atoms with Crippen molar-refractivity contribution >= 4 is 49.9 Å².